The molecule has 2 atom stereocenters. The number of hydrogen-bond donors (Lipinski definition) is 2. The van der Waals surface area contributed by atoms with Crippen LogP contribution in [0.15, 0.2) is 0 Å². The fourth-order valence-corrected chi connectivity index (χ4v) is 1.58. The van der Waals surface area contributed by atoms with Crippen molar-refractivity contribution in [2.24, 2.45) is 5.92 Å². The van der Waals surface area contributed by atoms with Crippen LogP contribution in [0.3, 0.4) is 0 Å². The van der Waals surface area contributed by atoms with E-state index in [1.165, 1.54) is 6.92 Å². The predicted octanol–water partition coefficient (Wildman–Crippen LogP) is 0.0282. The first-order chi connectivity index (χ1) is 5.63. The van der Waals surface area contributed by atoms with Crippen LogP contribution < -0.4 is 5.32 Å². The van der Waals surface area contributed by atoms with Crippen LogP contribution in [0.25, 0.3) is 0 Å². The average Bonchev–Trinajstić information content (AvgIpc) is 2.04. The SMILES string of the molecule is CC(=O)C1NCCCC1C(=O)O. The third-order valence-corrected chi connectivity index (χ3v) is 2.21. The zero-order valence-corrected chi connectivity index (χ0v) is 7.04. The molecule has 0 aromatic heterocycles. The third-order valence-electron chi connectivity index (χ3n) is 2.21. The van der Waals surface area contributed by atoms with Gasteiger partial charge < -0.3 is 10.4 Å². The average molecular weight is 171 g/mol. The number of aliphatic carboxylic acids is 1. The van der Waals surface area contributed by atoms with Gasteiger partial charge in [0, 0.05) is 0 Å². The lowest BCUT2D eigenvalue weighted by molar-refractivity contribution is -0.146. The molecule has 1 saturated heterocycles. The molecule has 0 bridgehead atoms. The Balaban J connectivity index is 2.67. The van der Waals surface area contributed by atoms with Gasteiger partial charge in [0.2, 0.25) is 0 Å². The van der Waals surface area contributed by atoms with Crippen LogP contribution in [0.5, 0.6) is 0 Å². The largest absolute Gasteiger partial charge is 0.481 e. The number of rotatable bonds is 2. The summed E-state index contributed by atoms with van der Waals surface area (Å²) in [6, 6.07) is -0.476. The lowest BCUT2D eigenvalue weighted by Gasteiger charge is -2.27. The van der Waals surface area contributed by atoms with Crippen LogP contribution in [0.1, 0.15) is 19.8 Å². The number of carboxylic acid groups (broad SMARTS) is 1. The van der Waals surface area contributed by atoms with Gasteiger partial charge in [0.25, 0.3) is 0 Å². The zero-order valence-electron chi connectivity index (χ0n) is 7.04. The Morgan fingerprint density at radius 1 is 1.50 bits per heavy atom. The van der Waals surface area contributed by atoms with Crippen LogP contribution in [0.4, 0.5) is 0 Å². The molecule has 0 aromatic carbocycles. The van der Waals surface area contributed by atoms with Gasteiger partial charge in [-0.2, -0.15) is 0 Å². The summed E-state index contributed by atoms with van der Waals surface area (Å²) < 4.78 is 0. The van der Waals surface area contributed by atoms with E-state index in [0.717, 1.165) is 13.0 Å². The van der Waals surface area contributed by atoms with Crippen molar-refractivity contribution in [3.63, 3.8) is 0 Å². The summed E-state index contributed by atoms with van der Waals surface area (Å²) in [7, 11) is 0. The second-order valence-corrected chi connectivity index (χ2v) is 3.13. The van der Waals surface area contributed by atoms with Crippen molar-refractivity contribution in [1.29, 1.82) is 0 Å². The standard InChI is InChI=1S/C8H13NO3/c1-5(10)7-6(8(11)12)3-2-4-9-7/h6-7,9H,2-4H2,1H3,(H,11,12). The monoisotopic (exact) mass is 171 g/mol. The Kier molecular flexibility index (Phi) is 2.81. The van der Waals surface area contributed by atoms with Gasteiger partial charge >= 0.3 is 5.97 Å². The van der Waals surface area contributed by atoms with Gasteiger partial charge in [-0.15, -0.1) is 0 Å². The molecule has 4 nitrogen and oxygen atoms in total. The van der Waals surface area contributed by atoms with E-state index >= 15 is 0 Å². The quantitative estimate of drug-likeness (QED) is 0.615. The first-order valence-electron chi connectivity index (χ1n) is 4.09. The number of hydrogen-bond acceptors (Lipinski definition) is 3. The minimum atomic E-state index is -0.873. The number of ketones is 1. The molecule has 0 aliphatic carbocycles. The second-order valence-electron chi connectivity index (χ2n) is 3.13. The van der Waals surface area contributed by atoms with E-state index in [4.69, 9.17) is 5.11 Å². The Labute approximate surface area is 71.0 Å². The van der Waals surface area contributed by atoms with Gasteiger partial charge in [0.1, 0.15) is 5.78 Å². The summed E-state index contributed by atoms with van der Waals surface area (Å²) in [5, 5.41) is 11.7. The molecule has 12 heavy (non-hydrogen) atoms. The highest BCUT2D eigenvalue weighted by Gasteiger charge is 2.33. The fourth-order valence-electron chi connectivity index (χ4n) is 1.58. The topological polar surface area (TPSA) is 66.4 Å². The Morgan fingerprint density at radius 3 is 2.58 bits per heavy atom. The Bertz CT molecular complexity index is 180. The predicted molar refractivity (Wildman–Crippen MR) is 42.8 cm³/mol. The van der Waals surface area contributed by atoms with Crippen molar-refractivity contribution >= 4 is 11.8 Å². The Morgan fingerprint density at radius 2 is 2.17 bits per heavy atom. The van der Waals surface area contributed by atoms with Gasteiger partial charge in [0.15, 0.2) is 0 Å². The van der Waals surface area contributed by atoms with Crippen LogP contribution in [-0.2, 0) is 9.59 Å². The van der Waals surface area contributed by atoms with Gasteiger partial charge in [-0.3, -0.25) is 9.59 Å². The van der Waals surface area contributed by atoms with Crippen molar-refractivity contribution < 1.29 is 14.7 Å². The molecule has 2 unspecified atom stereocenters. The first kappa shape index (κ1) is 9.19. The van der Waals surface area contributed by atoms with Crippen LogP contribution in [0, 0.1) is 5.92 Å². The van der Waals surface area contributed by atoms with Gasteiger partial charge in [0.05, 0.1) is 12.0 Å². The summed E-state index contributed by atoms with van der Waals surface area (Å²) in [6.45, 7) is 2.17. The number of nitrogens with one attached hydrogen (secondary N) is 1. The van der Waals surface area contributed by atoms with Gasteiger partial charge in [-0.1, -0.05) is 0 Å². The summed E-state index contributed by atoms with van der Waals surface area (Å²) in [6.07, 6.45) is 1.44. The third kappa shape index (κ3) is 1.82. The van der Waals surface area contributed by atoms with Gasteiger partial charge in [-0.25, -0.2) is 0 Å². The molecule has 68 valence electrons. The van der Waals surface area contributed by atoms with Crippen molar-refractivity contribution in [3.8, 4) is 0 Å². The van der Waals surface area contributed by atoms with E-state index in [9.17, 15) is 9.59 Å². The highest BCUT2D eigenvalue weighted by molar-refractivity contribution is 5.87. The van der Waals surface area contributed by atoms with Crippen molar-refractivity contribution in [3.05, 3.63) is 0 Å². The normalized spacial score (nSPS) is 29.8. The maximum Gasteiger partial charge on any atom is 0.308 e. The second kappa shape index (κ2) is 3.67. The lowest BCUT2D eigenvalue weighted by Crippen LogP contribution is -2.48. The number of carbonyl (C=O) groups excluding carboxylic acids is 1. The van der Waals surface area contributed by atoms with E-state index in [-0.39, 0.29) is 5.78 Å². The molecular weight excluding hydrogens is 158 g/mol. The molecule has 0 spiro atoms. The van der Waals surface area contributed by atoms with Crippen molar-refractivity contribution in [1.82, 2.24) is 5.32 Å². The lowest BCUT2D eigenvalue weighted by atomic mass is 9.89. The maximum absolute atomic E-state index is 11.0. The minimum Gasteiger partial charge on any atom is -0.481 e. The number of carboxylic acids is 1. The Hall–Kier alpha value is -0.900. The number of carbonyl (C=O) groups is 2. The molecule has 1 heterocycles. The summed E-state index contributed by atoms with van der Waals surface area (Å²) in [5.41, 5.74) is 0. The molecule has 1 aliphatic rings. The van der Waals surface area contributed by atoms with Crippen LogP contribution in [-0.4, -0.2) is 29.4 Å². The number of piperidine rings is 1. The highest BCUT2D eigenvalue weighted by atomic mass is 16.4. The molecular formula is C8H13NO3. The first-order valence-corrected chi connectivity index (χ1v) is 4.09. The van der Waals surface area contributed by atoms with E-state index in [1.54, 1.807) is 0 Å². The molecule has 0 aromatic rings. The molecule has 2 N–H and O–H groups in total. The number of Topliss-reactive ketones (excluding diaryl/α,β-unsaturated/α-hetero) is 1. The van der Waals surface area contributed by atoms with E-state index < -0.39 is 17.9 Å². The molecule has 0 saturated carbocycles. The van der Waals surface area contributed by atoms with E-state index in [2.05, 4.69) is 5.32 Å². The molecule has 4 heteroatoms. The van der Waals surface area contributed by atoms with Crippen LogP contribution >= 0.6 is 0 Å². The maximum atomic E-state index is 11.0. The fraction of sp³-hybridized carbons (Fsp3) is 0.750. The molecule has 1 fully saturated rings. The van der Waals surface area contributed by atoms with E-state index in [0.29, 0.717) is 6.42 Å². The smallest absolute Gasteiger partial charge is 0.308 e. The van der Waals surface area contributed by atoms with Crippen molar-refractivity contribution in [2.75, 3.05) is 6.54 Å². The molecule has 1 aliphatic heterocycles. The summed E-state index contributed by atoms with van der Waals surface area (Å²) in [4.78, 5) is 21.7. The molecule has 1 rings (SSSR count). The van der Waals surface area contributed by atoms with Crippen molar-refractivity contribution in [2.45, 2.75) is 25.8 Å². The highest BCUT2D eigenvalue weighted by Crippen LogP contribution is 2.17. The summed E-state index contributed by atoms with van der Waals surface area (Å²) in [5.74, 6) is -1.49. The zero-order chi connectivity index (χ0) is 9.14. The van der Waals surface area contributed by atoms with Crippen LogP contribution in [0.2, 0.25) is 0 Å². The van der Waals surface area contributed by atoms with E-state index in [1.807, 2.05) is 0 Å². The summed E-state index contributed by atoms with van der Waals surface area (Å²) >= 11 is 0. The van der Waals surface area contributed by atoms with Gasteiger partial charge in [-0.05, 0) is 26.3 Å². The molecule has 0 radical (unpaired) electrons. The minimum absolute atomic E-state index is 0.0814. The molecule has 0 amide bonds.